The minimum absolute atomic E-state index is 0.461. The van der Waals surface area contributed by atoms with Crippen molar-refractivity contribution in [2.24, 2.45) is 0 Å². The fraction of sp³-hybridized carbons (Fsp3) is 0.462. The molecule has 0 N–H and O–H groups in total. The van der Waals surface area contributed by atoms with Crippen molar-refractivity contribution in [1.82, 2.24) is 0 Å². The Morgan fingerprint density at radius 3 is 2.50 bits per heavy atom. The zero-order chi connectivity index (χ0) is 10.2. The molecule has 0 fully saturated rings. The van der Waals surface area contributed by atoms with E-state index in [-0.39, 0.29) is 0 Å². The summed E-state index contributed by atoms with van der Waals surface area (Å²) in [6.07, 6.45) is 11.3. The van der Waals surface area contributed by atoms with E-state index in [1.807, 2.05) is 12.1 Å². The van der Waals surface area contributed by atoms with Gasteiger partial charge in [-0.15, -0.1) is 0 Å². The molecule has 0 radical (unpaired) electrons. The zero-order valence-corrected chi connectivity index (χ0v) is 9.02. The molecule has 0 aliphatic rings. The zero-order valence-electron chi connectivity index (χ0n) is 9.02. The molecule has 0 amide bonds. The Bertz CT molecular complexity index is 253. The standard InChI is InChI=1S/C13H20N/c1-3-5-7-10-13(4-2)14-11-8-6-9-12-14/h4,6,8-9,11-13H,2-3,5,7,10H2,1H3/q+1. The molecule has 1 atom stereocenters. The van der Waals surface area contributed by atoms with Gasteiger partial charge in [0.1, 0.15) is 0 Å². The van der Waals surface area contributed by atoms with Gasteiger partial charge in [0.25, 0.3) is 0 Å². The normalized spacial score (nSPS) is 12.4. The van der Waals surface area contributed by atoms with E-state index in [0.29, 0.717) is 6.04 Å². The Morgan fingerprint density at radius 1 is 1.21 bits per heavy atom. The average molecular weight is 190 g/mol. The van der Waals surface area contributed by atoms with Gasteiger partial charge in [0.05, 0.1) is 0 Å². The second-order valence-electron chi connectivity index (χ2n) is 3.62. The molecule has 0 saturated carbocycles. The van der Waals surface area contributed by atoms with Crippen molar-refractivity contribution in [3.8, 4) is 0 Å². The predicted octanol–water partition coefficient (Wildman–Crippen LogP) is 3.28. The first-order valence-corrected chi connectivity index (χ1v) is 5.46. The lowest BCUT2D eigenvalue weighted by Gasteiger charge is -2.06. The fourth-order valence-corrected chi connectivity index (χ4v) is 1.63. The Balaban J connectivity index is 2.50. The van der Waals surface area contributed by atoms with E-state index in [9.17, 15) is 0 Å². The van der Waals surface area contributed by atoms with Crippen molar-refractivity contribution >= 4 is 0 Å². The third kappa shape index (κ3) is 3.33. The number of hydrogen-bond donors (Lipinski definition) is 0. The van der Waals surface area contributed by atoms with Gasteiger partial charge >= 0.3 is 0 Å². The van der Waals surface area contributed by atoms with Crippen LogP contribution in [0.1, 0.15) is 38.6 Å². The van der Waals surface area contributed by atoms with Crippen molar-refractivity contribution in [2.75, 3.05) is 0 Å². The van der Waals surface area contributed by atoms with Crippen LogP contribution in [0.2, 0.25) is 0 Å². The van der Waals surface area contributed by atoms with Crippen molar-refractivity contribution in [1.29, 1.82) is 0 Å². The molecule has 0 aliphatic heterocycles. The third-order valence-corrected chi connectivity index (χ3v) is 2.50. The van der Waals surface area contributed by atoms with Crippen LogP contribution >= 0.6 is 0 Å². The number of pyridine rings is 1. The average Bonchev–Trinajstić information content (AvgIpc) is 2.26. The summed E-state index contributed by atoms with van der Waals surface area (Å²) in [5.41, 5.74) is 0. The summed E-state index contributed by atoms with van der Waals surface area (Å²) in [4.78, 5) is 0. The Morgan fingerprint density at radius 2 is 1.93 bits per heavy atom. The van der Waals surface area contributed by atoms with Crippen LogP contribution < -0.4 is 4.57 Å². The number of aromatic nitrogens is 1. The number of rotatable bonds is 6. The third-order valence-electron chi connectivity index (χ3n) is 2.50. The molecule has 1 unspecified atom stereocenters. The molecule has 14 heavy (non-hydrogen) atoms. The molecule has 0 bridgehead atoms. The van der Waals surface area contributed by atoms with E-state index in [1.165, 1.54) is 25.7 Å². The summed E-state index contributed by atoms with van der Waals surface area (Å²) in [6, 6.07) is 6.64. The van der Waals surface area contributed by atoms with Crippen molar-refractivity contribution in [2.45, 2.75) is 38.6 Å². The first-order valence-electron chi connectivity index (χ1n) is 5.46. The molecule has 1 heterocycles. The molecule has 0 saturated heterocycles. The van der Waals surface area contributed by atoms with Gasteiger partial charge in [-0.3, -0.25) is 0 Å². The highest BCUT2D eigenvalue weighted by Crippen LogP contribution is 2.10. The first kappa shape index (κ1) is 11.0. The second kappa shape index (κ2) is 6.36. The SMILES string of the molecule is C=CC(CCCCC)[n+]1ccccc1. The van der Waals surface area contributed by atoms with E-state index in [0.717, 1.165) is 0 Å². The van der Waals surface area contributed by atoms with Crippen LogP contribution in [0.25, 0.3) is 0 Å². The van der Waals surface area contributed by atoms with Crippen LogP contribution in [-0.2, 0) is 0 Å². The highest BCUT2D eigenvalue weighted by molar-refractivity contribution is 4.85. The van der Waals surface area contributed by atoms with Gasteiger partial charge in [-0.05, 0) is 12.5 Å². The van der Waals surface area contributed by atoms with Crippen LogP contribution in [-0.4, -0.2) is 0 Å². The van der Waals surface area contributed by atoms with E-state index in [4.69, 9.17) is 0 Å². The quantitative estimate of drug-likeness (QED) is 0.368. The molecular weight excluding hydrogens is 170 g/mol. The maximum absolute atomic E-state index is 3.90. The maximum atomic E-state index is 3.90. The summed E-state index contributed by atoms with van der Waals surface area (Å²) in [5.74, 6) is 0. The van der Waals surface area contributed by atoms with Crippen molar-refractivity contribution in [3.05, 3.63) is 43.2 Å². The van der Waals surface area contributed by atoms with Gasteiger partial charge in [0, 0.05) is 18.6 Å². The van der Waals surface area contributed by atoms with E-state index in [2.05, 4.69) is 42.6 Å². The molecule has 1 heteroatoms. The molecule has 1 aromatic rings. The van der Waals surface area contributed by atoms with Crippen LogP contribution in [0.15, 0.2) is 43.2 Å². The largest absolute Gasteiger partial charge is 0.199 e. The Labute approximate surface area is 87.1 Å². The smallest absolute Gasteiger partial charge is 0.176 e. The lowest BCUT2D eigenvalue weighted by Crippen LogP contribution is -2.37. The Hall–Kier alpha value is -1.11. The van der Waals surface area contributed by atoms with E-state index >= 15 is 0 Å². The number of hydrogen-bond acceptors (Lipinski definition) is 0. The number of nitrogens with zero attached hydrogens (tertiary/aromatic N) is 1. The summed E-state index contributed by atoms with van der Waals surface area (Å²) in [7, 11) is 0. The van der Waals surface area contributed by atoms with Crippen molar-refractivity contribution < 1.29 is 4.57 Å². The first-order chi connectivity index (χ1) is 6.88. The van der Waals surface area contributed by atoms with E-state index < -0.39 is 0 Å². The topological polar surface area (TPSA) is 3.88 Å². The number of allylic oxidation sites excluding steroid dienone is 1. The molecule has 0 aromatic carbocycles. The highest BCUT2D eigenvalue weighted by atomic mass is 15.0. The highest BCUT2D eigenvalue weighted by Gasteiger charge is 2.11. The maximum Gasteiger partial charge on any atom is 0.176 e. The van der Waals surface area contributed by atoms with Gasteiger partial charge in [-0.1, -0.05) is 32.4 Å². The monoisotopic (exact) mass is 190 g/mol. The molecule has 76 valence electrons. The summed E-state index contributed by atoms with van der Waals surface area (Å²) < 4.78 is 2.22. The van der Waals surface area contributed by atoms with Gasteiger partial charge in [0.2, 0.25) is 0 Å². The minimum atomic E-state index is 0.461. The number of unbranched alkanes of at least 4 members (excludes halogenated alkanes) is 2. The van der Waals surface area contributed by atoms with E-state index in [1.54, 1.807) is 0 Å². The van der Waals surface area contributed by atoms with Crippen LogP contribution in [0.5, 0.6) is 0 Å². The fourth-order valence-electron chi connectivity index (χ4n) is 1.63. The van der Waals surface area contributed by atoms with Crippen LogP contribution in [0.3, 0.4) is 0 Å². The van der Waals surface area contributed by atoms with Gasteiger partial charge in [-0.25, -0.2) is 0 Å². The van der Waals surface area contributed by atoms with Gasteiger partial charge in [-0.2, -0.15) is 4.57 Å². The summed E-state index contributed by atoms with van der Waals surface area (Å²) in [6.45, 7) is 6.13. The predicted molar refractivity (Wildman–Crippen MR) is 60.0 cm³/mol. The molecular formula is C13H20N+. The molecule has 0 aliphatic carbocycles. The molecule has 1 aromatic heterocycles. The minimum Gasteiger partial charge on any atom is -0.199 e. The molecule has 1 nitrogen and oxygen atoms in total. The Kier molecular flexibility index (Phi) is 4.98. The lowest BCUT2D eigenvalue weighted by molar-refractivity contribution is -0.713. The van der Waals surface area contributed by atoms with Gasteiger partial charge < -0.3 is 0 Å². The van der Waals surface area contributed by atoms with Crippen LogP contribution in [0, 0.1) is 0 Å². The van der Waals surface area contributed by atoms with Crippen LogP contribution in [0.4, 0.5) is 0 Å². The lowest BCUT2D eigenvalue weighted by atomic mass is 10.1. The summed E-state index contributed by atoms with van der Waals surface area (Å²) in [5, 5.41) is 0. The van der Waals surface area contributed by atoms with Crippen molar-refractivity contribution in [3.63, 3.8) is 0 Å². The summed E-state index contributed by atoms with van der Waals surface area (Å²) >= 11 is 0. The molecule has 0 spiro atoms. The molecule has 1 rings (SSSR count). The second-order valence-corrected chi connectivity index (χ2v) is 3.62. The van der Waals surface area contributed by atoms with Gasteiger partial charge in [0.15, 0.2) is 18.4 Å².